The van der Waals surface area contributed by atoms with Gasteiger partial charge in [0.2, 0.25) is 5.95 Å². The Hall–Kier alpha value is -2.62. The highest BCUT2D eigenvalue weighted by molar-refractivity contribution is 7.98. The highest BCUT2D eigenvalue weighted by atomic mass is 32.2. The molecule has 0 aromatic carbocycles. The van der Waals surface area contributed by atoms with E-state index in [1.165, 1.54) is 0 Å². The minimum Gasteiger partial charge on any atom is -0.354 e. The summed E-state index contributed by atoms with van der Waals surface area (Å²) in [4.78, 5) is 30.2. The molecule has 3 heterocycles. The fourth-order valence-corrected chi connectivity index (χ4v) is 2.93. The van der Waals surface area contributed by atoms with Crippen molar-refractivity contribution in [2.75, 3.05) is 17.6 Å². The number of nitrogens with zero attached hydrogens (tertiary/aromatic N) is 4. The van der Waals surface area contributed by atoms with Crippen LogP contribution in [0, 0.1) is 6.92 Å². The lowest BCUT2D eigenvalue weighted by Gasteiger charge is -2.05. The second-order valence-corrected chi connectivity index (χ2v) is 6.21. The zero-order chi connectivity index (χ0) is 16.8. The minimum atomic E-state index is -0.354. The highest BCUT2D eigenvalue weighted by Gasteiger charge is 2.07. The average Bonchev–Trinajstić information content (AvgIpc) is 3.22. The van der Waals surface area contributed by atoms with Gasteiger partial charge in [-0.25, -0.2) is 15.1 Å². The van der Waals surface area contributed by atoms with Crippen LogP contribution >= 0.6 is 11.8 Å². The molecule has 0 saturated heterocycles. The van der Waals surface area contributed by atoms with Crippen LogP contribution in [-0.2, 0) is 12.2 Å². The molecule has 24 heavy (non-hydrogen) atoms. The second-order valence-electron chi connectivity index (χ2n) is 5.10. The summed E-state index contributed by atoms with van der Waals surface area (Å²) in [6, 6.07) is 0. The van der Waals surface area contributed by atoms with Gasteiger partial charge in [-0.3, -0.25) is 4.79 Å². The van der Waals surface area contributed by atoms with Gasteiger partial charge in [0.1, 0.15) is 11.5 Å². The van der Waals surface area contributed by atoms with Crippen molar-refractivity contribution in [2.45, 2.75) is 19.1 Å². The molecule has 0 fully saturated rings. The van der Waals surface area contributed by atoms with Crippen molar-refractivity contribution < 1.29 is 0 Å². The Kier molecular flexibility index (Phi) is 5.26. The molecule has 0 unspecified atom stereocenters. The highest BCUT2D eigenvalue weighted by Crippen LogP contribution is 2.12. The summed E-state index contributed by atoms with van der Waals surface area (Å²) >= 11 is 1.76. The molecule has 126 valence electrons. The predicted molar refractivity (Wildman–Crippen MR) is 92.0 cm³/mol. The van der Waals surface area contributed by atoms with Gasteiger partial charge in [-0.15, -0.1) is 0 Å². The number of aryl methyl sites for hydroxylation is 1. The van der Waals surface area contributed by atoms with Crippen LogP contribution in [0.5, 0.6) is 0 Å². The number of hydrogen-bond donors (Lipinski definition) is 4. The number of imidazole rings is 2. The molecule has 0 amide bonds. The van der Waals surface area contributed by atoms with E-state index in [4.69, 9.17) is 0 Å². The minimum absolute atomic E-state index is 0.328. The molecule has 0 bridgehead atoms. The Morgan fingerprint density at radius 2 is 2.17 bits per heavy atom. The van der Waals surface area contributed by atoms with Gasteiger partial charge in [0.05, 0.1) is 18.4 Å². The monoisotopic (exact) mass is 346 g/mol. The largest absolute Gasteiger partial charge is 0.354 e. The molecule has 3 aromatic heterocycles. The van der Waals surface area contributed by atoms with Crippen LogP contribution in [0.4, 0.5) is 5.95 Å². The number of nitrogens with one attached hydrogen (secondary N) is 4. The van der Waals surface area contributed by atoms with Crippen molar-refractivity contribution in [3.8, 4) is 0 Å². The van der Waals surface area contributed by atoms with E-state index in [0.717, 1.165) is 22.9 Å². The molecular formula is C14H18N8OS. The van der Waals surface area contributed by atoms with Gasteiger partial charge in [-0.2, -0.15) is 21.8 Å². The van der Waals surface area contributed by atoms with Crippen LogP contribution < -0.4 is 10.9 Å². The van der Waals surface area contributed by atoms with Gasteiger partial charge < -0.3 is 15.3 Å². The molecular weight excluding hydrogens is 328 g/mol. The van der Waals surface area contributed by atoms with Crippen molar-refractivity contribution in [3.05, 3.63) is 52.0 Å². The van der Waals surface area contributed by atoms with Gasteiger partial charge in [-0.05, 0) is 6.92 Å². The van der Waals surface area contributed by atoms with Crippen LogP contribution in [0.15, 0.2) is 23.5 Å². The first-order chi connectivity index (χ1) is 11.7. The molecule has 0 atom stereocenters. The molecule has 0 saturated carbocycles. The Bertz CT molecular complexity index is 825. The molecule has 0 aliphatic heterocycles. The summed E-state index contributed by atoms with van der Waals surface area (Å²) in [5.41, 5.74) is 2.14. The lowest BCUT2D eigenvalue weighted by molar-refractivity contribution is 0.844. The number of aromatic nitrogens is 7. The van der Waals surface area contributed by atoms with Gasteiger partial charge in [0, 0.05) is 36.1 Å². The molecule has 3 aromatic rings. The number of hydrogen-bond acceptors (Lipinski definition) is 7. The molecule has 3 rings (SSSR count). The van der Waals surface area contributed by atoms with E-state index in [9.17, 15) is 4.79 Å². The maximum Gasteiger partial charge on any atom is 0.296 e. The summed E-state index contributed by atoms with van der Waals surface area (Å²) < 4.78 is 0. The fraction of sp³-hybridized carbons (Fsp3) is 0.357. The van der Waals surface area contributed by atoms with Crippen LogP contribution in [0.1, 0.15) is 22.9 Å². The van der Waals surface area contributed by atoms with Crippen molar-refractivity contribution in [1.29, 1.82) is 0 Å². The lowest BCUT2D eigenvalue weighted by Crippen LogP contribution is -2.21. The Labute approximate surface area is 142 Å². The van der Waals surface area contributed by atoms with E-state index >= 15 is 0 Å². The zero-order valence-electron chi connectivity index (χ0n) is 13.2. The number of anilines is 1. The molecule has 4 N–H and O–H groups in total. The Balaban J connectivity index is 1.45. The molecule has 0 radical (unpaired) electrons. The maximum atomic E-state index is 12.0. The first kappa shape index (κ1) is 16.2. The van der Waals surface area contributed by atoms with Gasteiger partial charge in [0.15, 0.2) is 0 Å². The SMILES string of the molecule is Cc1[nH]cnc1CSCCNc1nc(=O)c(Cc2ncc[nH]2)n[nH]1. The number of thioether (sulfide) groups is 1. The van der Waals surface area contributed by atoms with Crippen molar-refractivity contribution in [3.63, 3.8) is 0 Å². The molecule has 10 heteroatoms. The predicted octanol–water partition coefficient (Wildman–Crippen LogP) is 0.856. The van der Waals surface area contributed by atoms with Gasteiger partial charge >= 0.3 is 0 Å². The van der Waals surface area contributed by atoms with Crippen LogP contribution in [0.3, 0.4) is 0 Å². The molecule has 0 aliphatic carbocycles. The van der Waals surface area contributed by atoms with E-state index in [0.29, 0.717) is 30.4 Å². The number of aromatic amines is 3. The summed E-state index contributed by atoms with van der Waals surface area (Å²) in [6.45, 7) is 2.68. The summed E-state index contributed by atoms with van der Waals surface area (Å²) in [5.74, 6) is 2.77. The van der Waals surface area contributed by atoms with E-state index in [1.807, 2.05) is 6.92 Å². The van der Waals surface area contributed by atoms with E-state index in [1.54, 1.807) is 30.5 Å². The smallest absolute Gasteiger partial charge is 0.296 e. The summed E-state index contributed by atoms with van der Waals surface area (Å²) in [5, 5.41) is 9.89. The standard InChI is InChI=1S/C14H18N8OS/c1-9-11(19-8-18-9)7-24-5-4-17-14-20-13(23)10(21-22-14)6-12-15-2-3-16-12/h2-3,8H,4-7H2,1H3,(H,15,16)(H,18,19)(H2,17,20,22,23). The third-order valence-electron chi connectivity index (χ3n) is 3.36. The second kappa shape index (κ2) is 7.77. The van der Waals surface area contributed by atoms with Crippen LogP contribution in [0.25, 0.3) is 0 Å². The maximum absolute atomic E-state index is 12.0. The van der Waals surface area contributed by atoms with E-state index < -0.39 is 0 Å². The molecule has 0 spiro atoms. The van der Waals surface area contributed by atoms with Gasteiger partial charge in [-0.1, -0.05) is 0 Å². The fourth-order valence-electron chi connectivity index (χ4n) is 2.05. The first-order valence-electron chi connectivity index (χ1n) is 7.46. The number of rotatable bonds is 8. The molecule has 9 nitrogen and oxygen atoms in total. The van der Waals surface area contributed by atoms with Crippen LogP contribution in [-0.4, -0.2) is 47.4 Å². The first-order valence-corrected chi connectivity index (χ1v) is 8.62. The van der Waals surface area contributed by atoms with Gasteiger partial charge in [0.25, 0.3) is 5.56 Å². The van der Waals surface area contributed by atoms with E-state index in [-0.39, 0.29) is 5.56 Å². The topological polar surface area (TPSA) is 128 Å². The zero-order valence-corrected chi connectivity index (χ0v) is 14.0. The number of H-pyrrole nitrogens is 3. The Morgan fingerprint density at radius 3 is 2.88 bits per heavy atom. The lowest BCUT2D eigenvalue weighted by atomic mass is 10.3. The quantitative estimate of drug-likeness (QED) is 0.445. The third kappa shape index (κ3) is 4.22. The van der Waals surface area contributed by atoms with Crippen molar-refractivity contribution >= 4 is 17.7 Å². The summed E-state index contributed by atoms with van der Waals surface area (Å²) in [6.07, 6.45) is 5.37. The average molecular weight is 346 g/mol. The molecule has 0 aliphatic rings. The third-order valence-corrected chi connectivity index (χ3v) is 4.33. The van der Waals surface area contributed by atoms with Crippen molar-refractivity contribution in [2.24, 2.45) is 0 Å². The van der Waals surface area contributed by atoms with Crippen LogP contribution in [0.2, 0.25) is 0 Å². The summed E-state index contributed by atoms with van der Waals surface area (Å²) in [7, 11) is 0. The Morgan fingerprint density at radius 1 is 1.25 bits per heavy atom. The normalized spacial score (nSPS) is 10.9. The van der Waals surface area contributed by atoms with Crippen molar-refractivity contribution in [1.82, 2.24) is 35.1 Å². The van der Waals surface area contributed by atoms with E-state index in [2.05, 4.69) is 40.4 Å².